The molecule has 0 fully saturated rings. The van der Waals surface area contributed by atoms with Gasteiger partial charge in [-0.3, -0.25) is 9.48 Å². The quantitative estimate of drug-likeness (QED) is 0.720. The van der Waals surface area contributed by atoms with Crippen LogP contribution in [0.15, 0.2) is 12.7 Å². The van der Waals surface area contributed by atoms with Gasteiger partial charge in [0, 0.05) is 6.42 Å². The van der Waals surface area contributed by atoms with E-state index in [1.807, 2.05) is 13.8 Å². The number of hydrogen-bond donors (Lipinski definition) is 2. The molecular formula is C11H20N4O2. The van der Waals surface area contributed by atoms with Crippen molar-refractivity contribution in [3.05, 3.63) is 12.7 Å². The predicted molar refractivity (Wildman–Crippen MR) is 63.2 cm³/mol. The van der Waals surface area contributed by atoms with Gasteiger partial charge in [0.05, 0.1) is 18.7 Å². The first-order valence-electron chi connectivity index (χ1n) is 5.90. The third kappa shape index (κ3) is 3.81. The van der Waals surface area contributed by atoms with Crippen LogP contribution in [0, 0.1) is 0 Å². The van der Waals surface area contributed by atoms with Gasteiger partial charge >= 0.3 is 0 Å². The summed E-state index contributed by atoms with van der Waals surface area (Å²) in [6.07, 6.45) is 4.79. The fraction of sp³-hybridized carbons (Fsp3) is 0.727. The Labute approximate surface area is 101 Å². The Balaban J connectivity index is 2.42. The summed E-state index contributed by atoms with van der Waals surface area (Å²) in [4.78, 5) is 15.6. The second-order valence-corrected chi connectivity index (χ2v) is 4.10. The molecule has 1 heterocycles. The van der Waals surface area contributed by atoms with Crippen LogP contribution in [0.5, 0.6) is 0 Å². The predicted octanol–water partition coefficient (Wildman–Crippen LogP) is 0.335. The molecule has 0 aromatic carbocycles. The number of carbonyl (C=O) groups excluding carboxylic acids is 1. The second kappa shape index (κ2) is 6.34. The maximum atomic E-state index is 11.7. The minimum Gasteiger partial charge on any atom is -0.394 e. The molecule has 96 valence electrons. The van der Waals surface area contributed by atoms with E-state index in [1.54, 1.807) is 11.0 Å². The standard InChI is InChI=1S/C11H20N4O2/c1-3-11(4-2,7-16)14-10(17)5-6-15-9-12-8-13-15/h8-9,16H,3-7H2,1-2H3,(H,14,17). The van der Waals surface area contributed by atoms with E-state index in [4.69, 9.17) is 0 Å². The van der Waals surface area contributed by atoms with Crippen LogP contribution < -0.4 is 5.32 Å². The first-order chi connectivity index (χ1) is 8.15. The van der Waals surface area contributed by atoms with Gasteiger partial charge < -0.3 is 10.4 Å². The SMILES string of the molecule is CCC(CC)(CO)NC(=O)CCn1cncn1. The summed E-state index contributed by atoms with van der Waals surface area (Å²) < 4.78 is 1.61. The molecule has 6 nitrogen and oxygen atoms in total. The number of rotatable bonds is 7. The fourth-order valence-electron chi connectivity index (χ4n) is 1.61. The van der Waals surface area contributed by atoms with Gasteiger partial charge in [-0.15, -0.1) is 0 Å². The average molecular weight is 240 g/mol. The van der Waals surface area contributed by atoms with Crippen LogP contribution in [0.25, 0.3) is 0 Å². The summed E-state index contributed by atoms with van der Waals surface area (Å²) in [5.41, 5.74) is -0.487. The zero-order chi connectivity index (χ0) is 12.7. The zero-order valence-corrected chi connectivity index (χ0v) is 10.4. The van der Waals surface area contributed by atoms with Crippen LogP contribution in [-0.4, -0.2) is 37.9 Å². The van der Waals surface area contributed by atoms with Crippen molar-refractivity contribution in [2.45, 2.75) is 45.2 Å². The minimum atomic E-state index is -0.487. The lowest BCUT2D eigenvalue weighted by Gasteiger charge is -2.30. The highest BCUT2D eigenvalue weighted by Crippen LogP contribution is 2.14. The monoisotopic (exact) mass is 240 g/mol. The van der Waals surface area contributed by atoms with Crippen LogP contribution in [0.4, 0.5) is 0 Å². The van der Waals surface area contributed by atoms with Crippen LogP contribution in [0.3, 0.4) is 0 Å². The number of aryl methyl sites for hydroxylation is 1. The molecule has 1 amide bonds. The molecule has 1 aromatic rings. The largest absolute Gasteiger partial charge is 0.394 e. The number of nitrogens with one attached hydrogen (secondary N) is 1. The van der Waals surface area contributed by atoms with Crippen molar-refractivity contribution >= 4 is 5.91 Å². The van der Waals surface area contributed by atoms with Gasteiger partial charge in [0.2, 0.25) is 5.91 Å². The zero-order valence-electron chi connectivity index (χ0n) is 10.4. The Hall–Kier alpha value is -1.43. The fourth-order valence-corrected chi connectivity index (χ4v) is 1.61. The number of aliphatic hydroxyl groups is 1. The van der Waals surface area contributed by atoms with Crippen LogP contribution in [-0.2, 0) is 11.3 Å². The molecule has 6 heteroatoms. The van der Waals surface area contributed by atoms with E-state index in [0.29, 0.717) is 13.0 Å². The van der Waals surface area contributed by atoms with E-state index in [1.165, 1.54) is 6.33 Å². The van der Waals surface area contributed by atoms with E-state index >= 15 is 0 Å². The van der Waals surface area contributed by atoms with Crippen molar-refractivity contribution in [1.82, 2.24) is 20.1 Å². The lowest BCUT2D eigenvalue weighted by atomic mass is 9.94. The highest BCUT2D eigenvalue weighted by Gasteiger charge is 2.26. The van der Waals surface area contributed by atoms with E-state index in [0.717, 1.165) is 12.8 Å². The minimum absolute atomic E-state index is 0.0327. The molecule has 0 saturated heterocycles. The molecule has 17 heavy (non-hydrogen) atoms. The Kier molecular flexibility index (Phi) is 5.09. The molecule has 0 aliphatic heterocycles. The number of aromatic nitrogens is 3. The number of amides is 1. The average Bonchev–Trinajstić information content (AvgIpc) is 2.87. The summed E-state index contributed by atoms with van der Waals surface area (Å²) in [6, 6.07) is 0. The summed E-state index contributed by atoms with van der Waals surface area (Å²) in [5, 5.41) is 16.1. The normalized spacial score (nSPS) is 11.5. The molecule has 0 radical (unpaired) electrons. The molecule has 0 unspecified atom stereocenters. The van der Waals surface area contributed by atoms with Gasteiger partial charge in [0.1, 0.15) is 12.7 Å². The number of aliphatic hydroxyl groups excluding tert-OH is 1. The van der Waals surface area contributed by atoms with Gasteiger partial charge in [0.25, 0.3) is 0 Å². The van der Waals surface area contributed by atoms with Crippen LogP contribution >= 0.6 is 0 Å². The van der Waals surface area contributed by atoms with E-state index < -0.39 is 5.54 Å². The molecule has 0 spiro atoms. The van der Waals surface area contributed by atoms with Gasteiger partial charge in [0.15, 0.2) is 0 Å². The molecule has 0 aliphatic carbocycles. The van der Waals surface area contributed by atoms with Crippen molar-refractivity contribution in [3.63, 3.8) is 0 Å². The van der Waals surface area contributed by atoms with Crippen LogP contribution in [0.1, 0.15) is 33.1 Å². The molecule has 0 bridgehead atoms. The highest BCUT2D eigenvalue weighted by molar-refractivity contribution is 5.76. The van der Waals surface area contributed by atoms with Crippen molar-refractivity contribution in [1.29, 1.82) is 0 Å². The van der Waals surface area contributed by atoms with E-state index in [2.05, 4.69) is 15.4 Å². The summed E-state index contributed by atoms with van der Waals surface area (Å²) in [7, 11) is 0. The molecule has 0 atom stereocenters. The first-order valence-corrected chi connectivity index (χ1v) is 5.90. The van der Waals surface area contributed by atoms with Gasteiger partial charge in [-0.05, 0) is 12.8 Å². The summed E-state index contributed by atoms with van der Waals surface area (Å²) in [6.45, 7) is 4.38. The lowest BCUT2D eigenvalue weighted by Crippen LogP contribution is -2.50. The van der Waals surface area contributed by atoms with E-state index in [9.17, 15) is 9.90 Å². The molecule has 0 saturated carbocycles. The Morgan fingerprint density at radius 2 is 2.18 bits per heavy atom. The first kappa shape index (κ1) is 13.6. The third-order valence-corrected chi connectivity index (χ3v) is 3.10. The van der Waals surface area contributed by atoms with Gasteiger partial charge in [-0.25, -0.2) is 4.98 Å². The van der Waals surface area contributed by atoms with Crippen molar-refractivity contribution in [2.24, 2.45) is 0 Å². The molecule has 0 aliphatic rings. The van der Waals surface area contributed by atoms with Crippen LogP contribution in [0.2, 0.25) is 0 Å². The lowest BCUT2D eigenvalue weighted by molar-refractivity contribution is -0.124. The number of carbonyl (C=O) groups is 1. The maximum absolute atomic E-state index is 11.7. The Morgan fingerprint density at radius 3 is 2.65 bits per heavy atom. The summed E-state index contributed by atoms with van der Waals surface area (Å²) >= 11 is 0. The topological polar surface area (TPSA) is 80.0 Å². The smallest absolute Gasteiger partial charge is 0.222 e. The molecule has 1 aromatic heterocycles. The van der Waals surface area contributed by atoms with Crippen molar-refractivity contribution in [3.8, 4) is 0 Å². The molecular weight excluding hydrogens is 220 g/mol. The number of nitrogens with zero attached hydrogens (tertiary/aromatic N) is 3. The summed E-state index contributed by atoms with van der Waals surface area (Å²) in [5.74, 6) is -0.0711. The number of hydrogen-bond acceptors (Lipinski definition) is 4. The maximum Gasteiger partial charge on any atom is 0.222 e. The molecule has 1 rings (SSSR count). The third-order valence-electron chi connectivity index (χ3n) is 3.10. The van der Waals surface area contributed by atoms with Gasteiger partial charge in [-0.2, -0.15) is 5.10 Å². The molecule has 2 N–H and O–H groups in total. The Bertz CT molecular complexity index is 325. The highest BCUT2D eigenvalue weighted by atomic mass is 16.3. The van der Waals surface area contributed by atoms with Crippen molar-refractivity contribution in [2.75, 3.05) is 6.61 Å². The second-order valence-electron chi connectivity index (χ2n) is 4.10. The van der Waals surface area contributed by atoms with Crippen molar-refractivity contribution < 1.29 is 9.90 Å². The van der Waals surface area contributed by atoms with E-state index in [-0.39, 0.29) is 12.5 Å². The van der Waals surface area contributed by atoms with Gasteiger partial charge in [-0.1, -0.05) is 13.8 Å². The Morgan fingerprint density at radius 1 is 1.47 bits per heavy atom.